The fourth-order valence-corrected chi connectivity index (χ4v) is 6.66. The summed E-state index contributed by atoms with van der Waals surface area (Å²) in [5.41, 5.74) is 7.63. The minimum atomic E-state index is -0.540. The van der Waals surface area contributed by atoms with Crippen molar-refractivity contribution in [3.63, 3.8) is 0 Å². The van der Waals surface area contributed by atoms with E-state index in [2.05, 4.69) is 44.5 Å². The summed E-state index contributed by atoms with van der Waals surface area (Å²) in [5.74, 6) is 0.472. The standard InChI is InChI=1S/C38H35N5O4S/c1-43-18-17-39-38(43)48-24-31-20-35(28-11-9-25(23-44)10-12-28)47-37(46-31)29-15-13-27(14-16-29)30-6-4-5-26(19-30)21-41-36(45)34-22-40-32-7-2-3-8-33(32)42-34/h2-19,22,31,35,37,44H,20-21,23-24H2,1H3,(H,41,45)/t31-,35+,37+/m1/s1. The molecule has 1 aliphatic rings. The number of nitrogens with zero attached hydrogens (tertiary/aromatic N) is 4. The molecule has 0 radical (unpaired) electrons. The van der Waals surface area contributed by atoms with Crippen LogP contribution >= 0.6 is 11.8 Å². The van der Waals surface area contributed by atoms with Gasteiger partial charge in [0.1, 0.15) is 5.69 Å². The predicted octanol–water partition coefficient (Wildman–Crippen LogP) is 6.79. The smallest absolute Gasteiger partial charge is 0.271 e. The molecule has 9 nitrogen and oxygen atoms in total. The summed E-state index contributed by atoms with van der Waals surface area (Å²) in [5, 5.41) is 13.4. The summed E-state index contributed by atoms with van der Waals surface area (Å²) in [7, 11) is 1.99. The van der Waals surface area contributed by atoms with Crippen molar-refractivity contribution in [3.8, 4) is 11.1 Å². The number of benzene rings is 4. The van der Waals surface area contributed by atoms with Crippen LogP contribution in [0.5, 0.6) is 0 Å². The minimum absolute atomic E-state index is 0.00484. The van der Waals surface area contributed by atoms with Gasteiger partial charge in [0, 0.05) is 43.7 Å². The molecule has 2 N–H and O–H groups in total. The highest BCUT2D eigenvalue weighted by Gasteiger charge is 2.32. The topological polar surface area (TPSA) is 111 Å². The number of imidazole rings is 1. The first-order valence-corrected chi connectivity index (χ1v) is 16.8. The molecule has 0 aliphatic carbocycles. The van der Waals surface area contributed by atoms with Gasteiger partial charge >= 0.3 is 0 Å². The number of rotatable bonds is 10. The summed E-state index contributed by atoms with van der Waals surface area (Å²) >= 11 is 1.67. The van der Waals surface area contributed by atoms with Crippen molar-refractivity contribution in [3.05, 3.63) is 144 Å². The molecule has 0 unspecified atom stereocenters. The predicted molar refractivity (Wildman–Crippen MR) is 185 cm³/mol. The Bertz CT molecular complexity index is 2010. The number of hydrogen-bond acceptors (Lipinski definition) is 8. The number of carbonyl (C=O) groups is 1. The molecule has 1 saturated heterocycles. The van der Waals surface area contributed by atoms with Crippen LogP contribution in [0, 0.1) is 0 Å². The summed E-state index contributed by atoms with van der Waals surface area (Å²) in [6, 6.07) is 31.8. The summed E-state index contributed by atoms with van der Waals surface area (Å²) in [4.78, 5) is 26.1. The minimum Gasteiger partial charge on any atom is -0.392 e. The number of aromatic nitrogens is 4. The van der Waals surface area contributed by atoms with Crippen molar-refractivity contribution in [2.24, 2.45) is 7.05 Å². The van der Waals surface area contributed by atoms with Gasteiger partial charge in [-0.2, -0.15) is 0 Å². The SMILES string of the molecule is Cn1ccnc1SC[C@H]1C[C@@H](c2ccc(CO)cc2)O[C@@H](c2ccc(-c3cccc(CNC(=O)c4cnc5ccccc5n4)c3)cc2)O1. The Morgan fingerprint density at radius 3 is 2.46 bits per heavy atom. The molecule has 0 spiro atoms. The number of carbonyl (C=O) groups excluding carboxylic acids is 1. The second-order valence-electron chi connectivity index (χ2n) is 11.7. The van der Waals surface area contributed by atoms with Gasteiger partial charge in [-0.3, -0.25) is 9.78 Å². The largest absolute Gasteiger partial charge is 0.392 e. The van der Waals surface area contributed by atoms with Crippen LogP contribution in [0.25, 0.3) is 22.2 Å². The van der Waals surface area contributed by atoms with Gasteiger partial charge in [0.15, 0.2) is 11.4 Å². The average Bonchev–Trinajstić information content (AvgIpc) is 3.57. The van der Waals surface area contributed by atoms with E-state index < -0.39 is 6.29 Å². The Morgan fingerprint density at radius 2 is 1.69 bits per heavy atom. The van der Waals surface area contributed by atoms with Crippen LogP contribution in [0.15, 0.2) is 121 Å². The zero-order valence-corrected chi connectivity index (χ0v) is 27.2. The van der Waals surface area contributed by atoms with Crippen LogP contribution in [0.1, 0.15) is 51.6 Å². The maximum absolute atomic E-state index is 12.8. The first kappa shape index (κ1) is 31.7. The van der Waals surface area contributed by atoms with Gasteiger partial charge in [-0.15, -0.1) is 0 Å². The number of nitrogens with one attached hydrogen (secondary N) is 1. The number of para-hydroxylation sites is 2. The lowest BCUT2D eigenvalue weighted by molar-refractivity contribution is -0.245. The molecule has 6 aromatic rings. The van der Waals surface area contributed by atoms with Gasteiger partial charge < -0.3 is 24.5 Å². The molecule has 7 rings (SSSR count). The monoisotopic (exact) mass is 657 g/mol. The molecule has 1 fully saturated rings. The summed E-state index contributed by atoms with van der Waals surface area (Å²) in [6.45, 7) is 0.367. The van der Waals surface area contributed by atoms with Crippen LogP contribution in [-0.4, -0.2) is 42.4 Å². The second kappa shape index (κ2) is 14.5. The lowest BCUT2D eigenvalue weighted by Gasteiger charge is -2.36. The number of aryl methyl sites for hydroxylation is 1. The molecule has 242 valence electrons. The molecular formula is C38H35N5O4S. The van der Waals surface area contributed by atoms with Gasteiger partial charge in [-0.1, -0.05) is 90.6 Å². The third-order valence-corrected chi connectivity index (χ3v) is 9.56. The van der Waals surface area contributed by atoms with Crippen LogP contribution in [0.3, 0.4) is 0 Å². The highest BCUT2D eigenvalue weighted by molar-refractivity contribution is 7.99. The Hall–Kier alpha value is -4.87. The van der Waals surface area contributed by atoms with Gasteiger partial charge in [-0.25, -0.2) is 9.97 Å². The van der Waals surface area contributed by atoms with Crippen molar-refractivity contribution in [2.45, 2.75) is 43.2 Å². The normalized spacial score (nSPS) is 17.8. The highest BCUT2D eigenvalue weighted by Crippen LogP contribution is 2.39. The lowest BCUT2D eigenvalue weighted by atomic mass is 9.99. The fourth-order valence-electron chi connectivity index (χ4n) is 5.71. The highest BCUT2D eigenvalue weighted by atomic mass is 32.2. The number of amides is 1. The Kier molecular flexibility index (Phi) is 9.57. The van der Waals surface area contributed by atoms with Crippen LogP contribution in [-0.2, 0) is 29.7 Å². The zero-order chi connectivity index (χ0) is 32.9. The molecule has 3 heterocycles. The molecule has 4 aromatic carbocycles. The van der Waals surface area contributed by atoms with E-state index in [1.807, 2.05) is 90.6 Å². The molecule has 2 aromatic heterocycles. The van der Waals surface area contributed by atoms with E-state index in [1.54, 1.807) is 18.0 Å². The molecule has 3 atom stereocenters. The maximum atomic E-state index is 12.8. The van der Waals surface area contributed by atoms with Gasteiger partial charge in [0.2, 0.25) is 0 Å². The number of hydrogen-bond donors (Lipinski definition) is 2. The van der Waals surface area contributed by atoms with Crippen molar-refractivity contribution in [1.82, 2.24) is 24.8 Å². The third kappa shape index (κ3) is 7.32. The van der Waals surface area contributed by atoms with Crippen molar-refractivity contribution in [1.29, 1.82) is 0 Å². The van der Waals surface area contributed by atoms with Crippen LogP contribution in [0.2, 0.25) is 0 Å². The molecular weight excluding hydrogens is 623 g/mol. The number of fused-ring (bicyclic) bond motifs is 1. The average molecular weight is 658 g/mol. The number of thioether (sulfide) groups is 1. The summed E-state index contributed by atoms with van der Waals surface area (Å²) in [6.07, 6.45) is 5.21. The maximum Gasteiger partial charge on any atom is 0.271 e. The van der Waals surface area contributed by atoms with Crippen molar-refractivity contribution < 1.29 is 19.4 Å². The molecule has 1 aliphatic heterocycles. The molecule has 1 amide bonds. The molecule has 0 bridgehead atoms. The zero-order valence-electron chi connectivity index (χ0n) is 26.4. The second-order valence-corrected chi connectivity index (χ2v) is 12.7. The molecule has 48 heavy (non-hydrogen) atoms. The van der Waals surface area contributed by atoms with Crippen molar-refractivity contribution >= 4 is 28.7 Å². The van der Waals surface area contributed by atoms with E-state index in [0.29, 0.717) is 18.5 Å². The van der Waals surface area contributed by atoms with E-state index in [-0.39, 0.29) is 30.4 Å². The van der Waals surface area contributed by atoms with E-state index in [4.69, 9.17) is 9.47 Å². The molecule has 0 saturated carbocycles. The van der Waals surface area contributed by atoms with E-state index in [1.165, 1.54) is 6.20 Å². The number of ether oxygens (including phenoxy) is 2. The number of aliphatic hydroxyl groups excluding tert-OH is 1. The van der Waals surface area contributed by atoms with E-state index in [9.17, 15) is 9.90 Å². The number of aliphatic hydroxyl groups is 1. The third-order valence-electron chi connectivity index (χ3n) is 8.37. The Morgan fingerprint density at radius 1 is 0.896 bits per heavy atom. The Balaban J connectivity index is 1.04. The van der Waals surface area contributed by atoms with E-state index >= 15 is 0 Å². The van der Waals surface area contributed by atoms with Crippen molar-refractivity contribution in [2.75, 3.05) is 5.75 Å². The van der Waals surface area contributed by atoms with E-state index in [0.717, 1.165) is 49.8 Å². The van der Waals surface area contributed by atoms with Gasteiger partial charge in [-0.05, 0) is 46.0 Å². The summed E-state index contributed by atoms with van der Waals surface area (Å²) < 4.78 is 15.1. The first-order valence-electron chi connectivity index (χ1n) is 15.8. The fraction of sp³-hybridized carbons (Fsp3) is 0.211. The van der Waals surface area contributed by atoms with Gasteiger partial charge in [0.05, 0.1) is 36.0 Å². The lowest BCUT2D eigenvalue weighted by Crippen LogP contribution is -2.31. The van der Waals surface area contributed by atoms with Crippen LogP contribution in [0.4, 0.5) is 0 Å². The first-order chi connectivity index (χ1) is 23.5. The Labute approximate surface area is 283 Å². The molecule has 10 heteroatoms. The quantitative estimate of drug-likeness (QED) is 0.155. The van der Waals surface area contributed by atoms with Gasteiger partial charge in [0.25, 0.3) is 5.91 Å². The van der Waals surface area contributed by atoms with Crippen LogP contribution < -0.4 is 5.32 Å².